The first kappa shape index (κ1) is 16.6. The molecule has 0 fully saturated rings. The molecule has 3 rings (SSSR count). The largest absolute Gasteiger partial charge is 0.353 e. The number of rotatable bonds is 4. The molecule has 0 aliphatic rings. The molecule has 2 aromatic heterocycles. The Kier molecular flexibility index (Phi) is 4.64. The summed E-state index contributed by atoms with van der Waals surface area (Å²) in [5.41, 5.74) is 2.47. The van der Waals surface area contributed by atoms with Gasteiger partial charge in [0.1, 0.15) is 5.52 Å². The monoisotopic (exact) mass is 362 g/mol. The van der Waals surface area contributed by atoms with Crippen LogP contribution < -0.4 is 10.9 Å². The Balaban J connectivity index is 1.73. The van der Waals surface area contributed by atoms with E-state index in [2.05, 4.69) is 15.3 Å². The Morgan fingerprint density at radius 2 is 2.08 bits per heavy atom. The number of hydrogen-bond acceptors (Lipinski definition) is 4. The Morgan fingerprint density at radius 3 is 2.79 bits per heavy atom. The first-order valence-electron chi connectivity index (χ1n) is 7.18. The zero-order valence-electron chi connectivity index (χ0n) is 13.1. The second-order valence-corrected chi connectivity index (χ2v) is 6.69. The van der Waals surface area contributed by atoms with E-state index in [1.165, 1.54) is 16.3 Å². The number of fused-ring (bicyclic) bond motifs is 1. The van der Waals surface area contributed by atoms with Gasteiger partial charge in [-0.3, -0.25) is 14.2 Å². The summed E-state index contributed by atoms with van der Waals surface area (Å²) >= 11 is 7.03. The number of H-pyrrole nitrogens is 1. The van der Waals surface area contributed by atoms with E-state index in [0.29, 0.717) is 26.9 Å². The van der Waals surface area contributed by atoms with E-state index in [1.54, 1.807) is 31.3 Å². The molecule has 0 spiro atoms. The molecule has 0 unspecified atom stereocenters. The zero-order valence-corrected chi connectivity index (χ0v) is 14.7. The molecular formula is C16H15ClN4O2S. The van der Waals surface area contributed by atoms with Crippen molar-refractivity contribution in [2.45, 2.75) is 12.1 Å². The second kappa shape index (κ2) is 6.70. The highest BCUT2D eigenvalue weighted by Gasteiger charge is 2.12. The molecule has 24 heavy (non-hydrogen) atoms. The third-order valence-corrected chi connectivity index (χ3v) is 4.70. The van der Waals surface area contributed by atoms with Crippen molar-refractivity contribution in [2.75, 3.05) is 11.1 Å². The molecule has 0 radical (unpaired) electrons. The lowest BCUT2D eigenvalue weighted by molar-refractivity contribution is -0.113. The summed E-state index contributed by atoms with van der Waals surface area (Å²) in [5.74, 6) is -0.0282. The van der Waals surface area contributed by atoms with E-state index < -0.39 is 0 Å². The van der Waals surface area contributed by atoms with Gasteiger partial charge in [-0.25, -0.2) is 4.98 Å². The minimum atomic E-state index is -0.179. The van der Waals surface area contributed by atoms with Gasteiger partial charge in [-0.1, -0.05) is 23.4 Å². The number of carbonyl (C=O) groups excluding carboxylic acids is 1. The Morgan fingerprint density at radius 1 is 1.38 bits per heavy atom. The van der Waals surface area contributed by atoms with Gasteiger partial charge < -0.3 is 10.3 Å². The minimum absolute atomic E-state index is 0.151. The van der Waals surface area contributed by atoms with Gasteiger partial charge in [0.05, 0.1) is 11.3 Å². The summed E-state index contributed by atoms with van der Waals surface area (Å²) in [5, 5.41) is 3.88. The maximum Gasteiger partial charge on any atom is 0.278 e. The van der Waals surface area contributed by atoms with Crippen LogP contribution in [0.4, 0.5) is 5.69 Å². The van der Waals surface area contributed by atoms with Crippen molar-refractivity contribution in [3.63, 3.8) is 0 Å². The van der Waals surface area contributed by atoms with E-state index in [4.69, 9.17) is 11.6 Å². The van der Waals surface area contributed by atoms with Crippen molar-refractivity contribution in [3.05, 3.63) is 51.4 Å². The molecule has 8 heteroatoms. The molecule has 6 nitrogen and oxygen atoms in total. The molecular weight excluding hydrogens is 348 g/mol. The first-order chi connectivity index (χ1) is 11.4. The third kappa shape index (κ3) is 3.47. The number of nitrogens with zero attached hydrogens (tertiary/aromatic N) is 2. The molecule has 0 atom stereocenters. The summed E-state index contributed by atoms with van der Waals surface area (Å²) in [4.78, 5) is 31.8. The van der Waals surface area contributed by atoms with Crippen LogP contribution in [-0.4, -0.2) is 26.2 Å². The molecule has 124 valence electrons. The fourth-order valence-corrected chi connectivity index (χ4v) is 3.15. The summed E-state index contributed by atoms with van der Waals surface area (Å²) in [7, 11) is 1.64. The molecule has 0 saturated heterocycles. The van der Waals surface area contributed by atoms with Crippen LogP contribution in [0.5, 0.6) is 0 Å². The van der Waals surface area contributed by atoms with Crippen molar-refractivity contribution in [1.29, 1.82) is 0 Å². The van der Waals surface area contributed by atoms with Gasteiger partial charge in [0.15, 0.2) is 5.16 Å². The Hall–Kier alpha value is -2.25. The number of aromatic amines is 1. The molecule has 0 bridgehead atoms. The van der Waals surface area contributed by atoms with Crippen LogP contribution >= 0.6 is 23.4 Å². The number of halogens is 1. The van der Waals surface area contributed by atoms with Crippen molar-refractivity contribution < 1.29 is 4.79 Å². The Bertz CT molecular complexity index is 963. The number of amides is 1. The molecule has 0 saturated carbocycles. The highest BCUT2D eigenvalue weighted by molar-refractivity contribution is 7.99. The van der Waals surface area contributed by atoms with E-state index in [0.717, 1.165) is 5.69 Å². The van der Waals surface area contributed by atoms with Crippen LogP contribution in [0.2, 0.25) is 5.02 Å². The van der Waals surface area contributed by atoms with Crippen molar-refractivity contribution in [3.8, 4) is 0 Å². The van der Waals surface area contributed by atoms with Crippen LogP contribution in [0, 0.1) is 6.92 Å². The van der Waals surface area contributed by atoms with Gasteiger partial charge in [-0.15, -0.1) is 0 Å². The summed E-state index contributed by atoms with van der Waals surface area (Å²) in [6, 6.07) is 8.69. The van der Waals surface area contributed by atoms with Crippen molar-refractivity contribution >= 4 is 46.0 Å². The fourth-order valence-electron chi connectivity index (χ4n) is 2.25. The SMILES string of the molecule is Cc1cc2nc(SCC(=O)Nc3ccc(Cl)cc3)n(C)c(=O)c2[nH]1. The third-order valence-electron chi connectivity index (χ3n) is 3.41. The smallest absolute Gasteiger partial charge is 0.278 e. The number of aromatic nitrogens is 3. The quantitative estimate of drug-likeness (QED) is 0.552. The molecule has 2 heterocycles. The highest BCUT2D eigenvalue weighted by atomic mass is 35.5. The lowest BCUT2D eigenvalue weighted by Crippen LogP contribution is -2.21. The van der Waals surface area contributed by atoms with Gasteiger partial charge in [0.2, 0.25) is 5.91 Å². The molecule has 0 aliphatic heterocycles. The maximum absolute atomic E-state index is 12.3. The van der Waals surface area contributed by atoms with Gasteiger partial charge in [0.25, 0.3) is 5.56 Å². The van der Waals surface area contributed by atoms with Crippen molar-refractivity contribution in [2.24, 2.45) is 7.05 Å². The van der Waals surface area contributed by atoms with Crippen LogP contribution in [0.1, 0.15) is 5.69 Å². The molecule has 3 aromatic rings. The summed E-state index contributed by atoms with van der Waals surface area (Å²) in [6.45, 7) is 1.87. The highest BCUT2D eigenvalue weighted by Crippen LogP contribution is 2.18. The Labute approximate surface area is 147 Å². The number of carbonyl (C=O) groups is 1. The molecule has 2 N–H and O–H groups in total. The molecule has 1 amide bonds. The van der Waals surface area contributed by atoms with Crippen LogP contribution in [0.25, 0.3) is 11.0 Å². The van der Waals surface area contributed by atoms with Crippen LogP contribution in [0.3, 0.4) is 0 Å². The first-order valence-corrected chi connectivity index (χ1v) is 8.55. The lowest BCUT2D eigenvalue weighted by Gasteiger charge is -2.08. The maximum atomic E-state index is 12.3. The van der Waals surface area contributed by atoms with Gasteiger partial charge >= 0.3 is 0 Å². The van der Waals surface area contributed by atoms with Crippen LogP contribution in [-0.2, 0) is 11.8 Å². The summed E-state index contributed by atoms with van der Waals surface area (Å²) < 4.78 is 1.44. The topological polar surface area (TPSA) is 79.8 Å². The lowest BCUT2D eigenvalue weighted by atomic mass is 10.3. The number of benzene rings is 1. The molecule has 1 aromatic carbocycles. The second-order valence-electron chi connectivity index (χ2n) is 5.31. The van der Waals surface area contributed by atoms with Crippen molar-refractivity contribution in [1.82, 2.24) is 14.5 Å². The zero-order chi connectivity index (χ0) is 17.3. The minimum Gasteiger partial charge on any atom is -0.353 e. The standard InChI is InChI=1S/C16H15ClN4O2S/c1-9-7-12-14(18-9)15(23)21(2)16(20-12)24-8-13(22)19-11-5-3-10(17)4-6-11/h3-7,18H,8H2,1-2H3,(H,19,22). The van der Waals surface area contributed by atoms with E-state index in [-0.39, 0.29) is 17.2 Å². The average Bonchev–Trinajstić information content (AvgIpc) is 2.92. The van der Waals surface area contributed by atoms with Crippen LogP contribution in [0.15, 0.2) is 40.3 Å². The normalized spacial score (nSPS) is 11.0. The van der Waals surface area contributed by atoms with E-state index >= 15 is 0 Å². The average molecular weight is 363 g/mol. The predicted molar refractivity (Wildman–Crippen MR) is 96.9 cm³/mol. The summed E-state index contributed by atoms with van der Waals surface area (Å²) in [6.07, 6.45) is 0. The number of anilines is 1. The van der Waals surface area contributed by atoms with Gasteiger partial charge in [-0.2, -0.15) is 0 Å². The molecule has 0 aliphatic carbocycles. The number of thioether (sulfide) groups is 1. The van der Waals surface area contributed by atoms with E-state index in [9.17, 15) is 9.59 Å². The van der Waals surface area contributed by atoms with E-state index in [1.807, 2.05) is 13.0 Å². The number of aryl methyl sites for hydroxylation is 1. The fraction of sp³-hybridized carbons (Fsp3) is 0.188. The number of nitrogens with one attached hydrogen (secondary N) is 2. The number of hydrogen-bond donors (Lipinski definition) is 2. The predicted octanol–water partition coefficient (Wildman–Crippen LogP) is 2.95. The van der Waals surface area contributed by atoms with Gasteiger partial charge in [-0.05, 0) is 37.3 Å². The van der Waals surface area contributed by atoms with Gasteiger partial charge in [0, 0.05) is 23.5 Å².